The van der Waals surface area contributed by atoms with E-state index in [0.717, 1.165) is 12.8 Å². The van der Waals surface area contributed by atoms with E-state index in [1.165, 1.54) is 0 Å². The molecule has 0 radical (unpaired) electrons. The third-order valence-electron chi connectivity index (χ3n) is 1.60. The van der Waals surface area contributed by atoms with Gasteiger partial charge in [-0.25, -0.2) is 0 Å². The standard InChI is InChI=1S/C7H10O2.K/c8-5-6-3-1-2-4-7(6)9;/h5,8H,1-4H2;/q;+1/p-1/b6-5-;. The van der Waals surface area contributed by atoms with Crippen LogP contribution in [-0.4, -0.2) is 5.78 Å². The van der Waals surface area contributed by atoms with Crippen LogP contribution in [0.4, 0.5) is 0 Å². The van der Waals surface area contributed by atoms with Crippen LogP contribution in [0.2, 0.25) is 0 Å². The second-order valence-corrected chi connectivity index (χ2v) is 2.27. The van der Waals surface area contributed by atoms with Gasteiger partial charge in [0.15, 0.2) is 5.78 Å². The Kier molecular flexibility index (Phi) is 5.96. The Hall–Kier alpha value is 0.846. The molecule has 0 aromatic rings. The zero-order chi connectivity index (χ0) is 6.69. The Labute approximate surface area is 103 Å². The predicted octanol–water partition coefficient (Wildman–Crippen LogP) is -2.62. The molecule has 0 aromatic carbocycles. The maximum absolute atomic E-state index is 10.8. The van der Waals surface area contributed by atoms with Crippen LogP contribution in [0.5, 0.6) is 0 Å². The molecule has 1 rings (SSSR count). The van der Waals surface area contributed by atoms with E-state index in [2.05, 4.69) is 0 Å². The molecule has 2 nitrogen and oxygen atoms in total. The number of allylic oxidation sites excluding steroid dienone is 1. The van der Waals surface area contributed by atoms with Crippen molar-refractivity contribution >= 4 is 5.78 Å². The Balaban J connectivity index is 0.000000810. The summed E-state index contributed by atoms with van der Waals surface area (Å²) in [6.45, 7) is 0. The summed E-state index contributed by atoms with van der Waals surface area (Å²) in [7, 11) is 0. The number of carbonyl (C=O) groups is 1. The van der Waals surface area contributed by atoms with Crippen LogP contribution < -0.4 is 56.5 Å². The molecule has 0 bridgehead atoms. The summed E-state index contributed by atoms with van der Waals surface area (Å²) in [4.78, 5) is 10.8. The Bertz CT molecular complexity index is 152. The molecule has 1 fully saturated rings. The number of rotatable bonds is 0. The summed E-state index contributed by atoms with van der Waals surface area (Å²) < 4.78 is 0. The first-order valence-corrected chi connectivity index (χ1v) is 3.19. The number of hydrogen-bond donors (Lipinski definition) is 0. The molecular formula is C7H9KO2. The minimum atomic E-state index is 0. The van der Waals surface area contributed by atoms with Crippen molar-refractivity contribution in [3.8, 4) is 0 Å². The van der Waals surface area contributed by atoms with Crippen molar-refractivity contribution < 1.29 is 61.3 Å². The molecule has 0 atom stereocenters. The first-order valence-electron chi connectivity index (χ1n) is 3.19. The van der Waals surface area contributed by atoms with Gasteiger partial charge in [-0.1, -0.05) is 0 Å². The SMILES string of the molecule is O=C1CCCC/C1=C/[O-].[K+]. The van der Waals surface area contributed by atoms with E-state index >= 15 is 0 Å². The molecule has 1 aliphatic rings. The van der Waals surface area contributed by atoms with E-state index in [1.54, 1.807) is 0 Å². The molecule has 0 saturated heterocycles. The van der Waals surface area contributed by atoms with Gasteiger partial charge in [-0.3, -0.25) is 4.79 Å². The minimum Gasteiger partial charge on any atom is -0.878 e. The minimum absolute atomic E-state index is 0. The number of hydrogen-bond acceptors (Lipinski definition) is 2. The fourth-order valence-electron chi connectivity index (χ4n) is 1.03. The van der Waals surface area contributed by atoms with Gasteiger partial charge in [0.25, 0.3) is 0 Å². The molecule has 0 unspecified atom stereocenters. The molecule has 1 saturated carbocycles. The first-order chi connectivity index (χ1) is 4.34. The van der Waals surface area contributed by atoms with Crippen molar-refractivity contribution in [1.82, 2.24) is 0 Å². The summed E-state index contributed by atoms with van der Waals surface area (Å²) in [5.74, 6) is 0.0521. The number of ketones is 1. The third kappa shape index (κ3) is 2.84. The second kappa shape index (κ2) is 5.49. The van der Waals surface area contributed by atoms with E-state index in [0.29, 0.717) is 24.7 Å². The summed E-state index contributed by atoms with van der Waals surface area (Å²) in [6.07, 6.45) is 3.92. The van der Waals surface area contributed by atoms with Crippen LogP contribution in [0, 0.1) is 0 Å². The zero-order valence-corrected chi connectivity index (χ0v) is 9.35. The van der Waals surface area contributed by atoms with E-state index in [9.17, 15) is 9.90 Å². The average molecular weight is 164 g/mol. The summed E-state index contributed by atoms with van der Waals surface area (Å²) in [6, 6.07) is 0. The van der Waals surface area contributed by atoms with Crippen LogP contribution in [0.15, 0.2) is 11.8 Å². The molecule has 0 amide bonds. The van der Waals surface area contributed by atoms with Crippen LogP contribution in [0.3, 0.4) is 0 Å². The van der Waals surface area contributed by atoms with Gasteiger partial charge in [-0.05, 0) is 24.8 Å². The largest absolute Gasteiger partial charge is 1.00 e. The monoisotopic (exact) mass is 164 g/mol. The normalized spacial score (nSPS) is 22.4. The fraction of sp³-hybridized carbons (Fsp3) is 0.571. The smallest absolute Gasteiger partial charge is 0.878 e. The van der Waals surface area contributed by atoms with Gasteiger partial charge in [0.1, 0.15) is 0 Å². The Morgan fingerprint density at radius 2 is 1.90 bits per heavy atom. The molecule has 0 aromatic heterocycles. The second-order valence-electron chi connectivity index (χ2n) is 2.27. The van der Waals surface area contributed by atoms with E-state index in [1.807, 2.05) is 0 Å². The first kappa shape index (κ1) is 10.8. The molecule has 0 heterocycles. The molecular weight excluding hydrogens is 155 g/mol. The zero-order valence-electron chi connectivity index (χ0n) is 6.22. The van der Waals surface area contributed by atoms with Crippen molar-refractivity contribution in [3.05, 3.63) is 11.8 Å². The van der Waals surface area contributed by atoms with Crippen molar-refractivity contribution in [2.45, 2.75) is 25.7 Å². The van der Waals surface area contributed by atoms with Crippen LogP contribution in [0.1, 0.15) is 25.7 Å². The van der Waals surface area contributed by atoms with E-state index < -0.39 is 0 Å². The third-order valence-corrected chi connectivity index (χ3v) is 1.60. The van der Waals surface area contributed by atoms with Crippen LogP contribution >= 0.6 is 0 Å². The van der Waals surface area contributed by atoms with E-state index in [-0.39, 0.29) is 57.2 Å². The van der Waals surface area contributed by atoms with Gasteiger partial charge < -0.3 is 5.11 Å². The average Bonchev–Trinajstić information content (AvgIpc) is 1.89. The van der Waals surface area contributed by atoms with Crippen molar-refractivity contribution in [2.75, 3.05) is 0 Å². The van der Waals surface area contributed by atoms with Crippen molar-refractivity contribution in [1.29, 1.82) is 0 Å². The maximum Gasteiger partial charge on any atom is 1.00 e. The maximum atomic E-state index is 10.8. The molecule has 3 heteroatoms. The van der Waals surface area contributed by atoms with Crippen molar-refractivity contribution in [3.63, 3.8) is 0 Å². The quantitative estimate of drug-likeness (QED) is 0.223. The van der Waals surface area contributed by atoms with Gasteiger partial charge >= 0.3 is 51.4 Å². The fourth-order valence-corrected chi connectivity index (χ4v) is 1.03. The molecule has 0 spiro atoms. The Morgan fingerprint density at radius 1 is 1.30 bits per heavy atom. The van der Waals surface area contributed by atoms with Gasteiger partial charge in [-0.2, -0.15) is 0 Å². The van der Waals surface area contributed by atoms with Gasteiger partial charge in [0.2, 0.25) is 0 Å². The van der Waals surface area contributed by atoms with Crippen LogP contribution in [-0.2, 0) is 4.79 Å². The Morgan fingerprint density at radius 3 is 2.30 bits per heavy atom. The van der Waals surface area contributed by atoms with Gasteiger partial charge in [-0.15, -0.1) is 6.26 Å². The van der Waals surface area contributed by atoms with Crippen molar-refractivity contribution in [2.24, 2.45) is 0 Å². The molecule has 10 heavy (non-hydrogen) atoms. The number of Topliss-reactive ketones (excluding diaryl/α,β-unsaturated/α-hetero) is 1. The summed E-state index contributed by atoms with van der Waals surface area (Å²) in [5, 5.41) is 10.1. The van der Waals surface area contributed by atoms with Crippen LogP contribution in [0.25, 0.3) is 0 Å². The molecule has 50 valence electrons. The molecule has 0 aliphatic heterocycles. The topological polar surface area (TPSA) is 40.1 Å². The van der Waals surface area contributed by atoms with Gasteiger partial charge in [0.05, 0.1) is 0 Å². The molecule has 0 N–H and O–H groups in total. The van der Waals surface area contributed by atoms with Gasteiger partial charge in [0, 0.05) is 6.42 Å². The van der Waals surface area contributed by atoms with E-state index in [4.69, 9.17) is 0 Å². The molecule has 1 aliphatic carbocycles. The number of carbonyl (C=O) groups excluding carboxylic acids is 1. The summed E-state index contributed by atoms with van der Waals surface area (Å²) >= 11 is 0. The summed E-state index contributed by atoms with van der Waals surface area (Å²) in [5.41, 5.74) is 0.487. The predicted molar refractivity (Wildman–Crippen MR) is 31.6 cm³/mol.